The van der Waals surface area contributed by atoms with E-state index in [4.69, 9.17) is 18.9 Å². The van der Waals surface area contributed by atoms with Crippen molar-refractivity contribution in [1.29, 1.82) is 0 Å². The lowest BCUT2D eigenvalue weighted by molar-refractivity contribution is 0.324. The second-order valence-corrected chi connectivity index (χ2v) is 8.15. The Bertz CT molecular complexity index is 985. The third-order valence-electron chi connectivity index (χ3n) is 4.79. The van der Waals surface area contributed by atoms with Crippen LogP contribution >= 0.6 is 27.3 Å². The molecule has 0 radical (unpaired) electrons. The molecule has 0 unspecified atom stereocenters. The second-order valence-electron chi connectivity index (χ2n) is 6.27. The van der Waals surface area contributed by atoms with Crippen molar-refractivity contribution in [2.24, 2.45) is 0 Å². The maximum Gasteiger partial charge on any atom is 0.203 e. The zero-order chi connectivity index (χ0) is 20.4. The third-order valence-corrected chi connectivity index (χ3v) is 6.90. The van der Waals surface area contributed by atoms with Crippen molar-refractivity contribution in [3.63, 3.8) is 0 Å². The molecule has 3 rings (SSSR count). The Labute approximate surface area is 178 Å². The monoisotopic (exact) mass is 462 g/mol. The quantitative estimate of drug-likeness (QED) is 0.419. The van der Waals surface area contributed by atoms with Crippen molar-refractivity contribution in [3.05, 3.63) is 45.9 Å². The van der Waals surface area contributed by atoms with Crippen LogP contribution in [0.2, 0.25) is 0 Å². The number of ether oxygens (including phenoxy) is 4. The first-order chi connectivity index (χ1) is 13.4. The van der Waals surface area contributed by atoms with Gasteiger partial charge in [-0.1, -0.05) is 0 Å². The molecule has 0 spiro atoms. The standard InChI is InChI=1S/C22H23BrO4S/c1-12-13(2)22(15-10-18(25-4)20(27-6)19(11-15)26-5)28-21(12)14-7-8-17(24-3)16(23)9-14/h7-11H,1-6H3. The average molecular weight is 463 g/mol. The Morgan fingerprint density at radius 1 is 0.679 bits per heavy atom. The fourth-order valence-corrected chi connectivity index (χ4v) is 5.00. The van der Waals surface area contributed by atoms with E-state index >= 15 is 0 Å². The largest absolute Gasteiger partial charge is 0.496 e. The molecule has 0 aliphatic carbocycles. The van der Waals surface area contributed by atoms with Crippen LogP contribution < -0.4 is 18.9 Å². The topological polar surface area (TPSA) is 36.9 Å². The number of rotatable bonds is 6. The summed E-state index contributed by atoms with van der Waals surface area (Å²) in [6.07, 6.45) is 0. The maximum absolute atomic E-state index is 5.52. The highest BCUT2D eigenvalue weighted by molar-refractivity contribution is 9.10. The Morgan fingerprint density at radius 3 is 1.68 bits per heavy atom. The number of hydrogen-bond donors (Lipinski definition) is 0. The summed E-state index contributed by atoms with van der Waals surface area (Å²) >= 11 is 5.34. The Hall–Kier alpha value is -2.18. The lowest BCUT2D eigenvalue weighted by atomic mass is 10.0. The van der Waals surface area contributed by atoms with Crippen molar-refractivity contribution in [3.8, 4) is 43.9 Å². The summed E-state index contributed by atoms with van der Waals surface area (Å²) in [7, 11) is 6.55. The molecule has 6 heteroatoms. The summed E-state index contributed by atoms with van der Waals surface area (Å²) in [6.45, 7) is 4.30. The highest BCUT2D eigenvalue weighted by Gasteiger charge is 2.19. The van der Waals surface area contributed by atoms with Crippen molar-refractivity contribution in [1.82, 2.24) is 0 Å². The summed E-state index contributed by atoms with van der Waals surface area (Å²) in [5, 5.41) is 0. The van der Waals surface area contributed by atoms with Gasteiger partial charge in [0.2, 0.25) is 5.75 Å². The van der Waals surface area contributed by atoms with E-state index in [0.717, 1.165) is 21.3 Å². The molecular weight excluding hydrogens is 440 g/mol. The molecule has 1 aromatic heterocycles. The van der Waals surface area contributed by atoms with E-state index in [2.05, 4.69) is 41.9 Å². The van der Waals surface area contributed by atoms with E-state index in [9.17, 15) is 0 Å². The van der Waals surface area contributed by atoms with Crippen LogP contribution in [0.1, 0.15) is 11.1 Å². The van der Waals surface area contributed by atoms with Crippen LogP contribution in [-0.2, 0) is 0 Å². The van der Waals surface area contributed by atoms with Crippen LogP contribution in [0.25, 0.3) is 20.9 Å². The molecular formula is C22H23BrO4S. The van der Waals surface area contributed by atoms with E-state index in [0.29, 0.717) is 17.2 Å². The predicted octanol–water partition coefficient (Wildman–Crippen LogP) is 6.50. The first-order valence-corrected chi connectivity index (χ1v) is 10.3. The highest BCUT2D eigenvalue weighted by atomic mass is 79.9. The summed E-state index contributed by atoms with van der Waals surface area (Å²) in [5.74, 6) is 2.71. The first kappa shape index (κ1) is 20.6. The summed E-state index contributed by atoms with van der Waals surface area (Å²) < 4.78 is 22.8. The van der Waals surface area contributed by atoms with E-state index in [-0.39, 0.29) is 0 Å². The minimum atomic E-state index is 0.596. The molecule has 3 aromatic rings. The number of hydrogen-bond acceptors (Lipinski definition) is 5. The van der Waals surface area contributed by atoms with Gasteiger partial charge < -0.3 is 18.9 Å². The van der Waals surface area contributed by atoms with Crippen LogP contribution in [0.3, 0.4) is 0 Å². The molecule has 0 saturated carbocycles. The van der Waals surface area contributed by atoms with Crippen LogP contribution in [-0.4, -0.2) is 28.4 Å². The Kier molecular flexibility index (Phi) is 6.20. The van der Waals surface area contributed by atoms with Gasteiger partial charge in [-0.2, -0.15) is 0 Å². The SMILES string of the molecule is COc1ccc(-c2sc(-c3cc(OC)c(OC)c(OC)c3)c(C)c2C)cc1Br. The highest BCUT2D eigenvalue weighted by Crippen LogP contribution is 2.47. The van der Waals surface area contributed by atoms with Crippen LogP contribution in [0.5, 0.6) is 23.0 Å². The zero-order valence-electron chi connectivity index (χ0n) is 16.8. The van der Waals surface area contributed by atoms with Gasteiger partial charge in [0.05, 0.1) is 32.9 Å². The smallest absolute Gasteiger partial charge is 0.203 e. The van der Waals surface area contributed by atoms with Crippen molar-refractivity contribution < 1.29 is 18.9 Å². The van der Waals surface area contributed by atoms with Gasteiger partial charge in [-0.15, -0.1) is 11.3 Å². The number of benzene rings is 2. The van der Waals surface area contributed by atoms with Crippen molar-refractivity contribution in [2.75, 3.05) is 28.4 Å². The molecule has 0 atom stereocenters. The van der Waals surface area contributed by atoms with Crippen LogP contribution in [0.4, 0.5) is 0 Å². The molecule has 0 aliphatic rings. The first-order valence-electron chi connectivity index (χ1n) is 8.69. The molecule has 0 amide bonds. The van der Waals surface area contributed by atoms with E-state index < -0.39 is 0 Å². The fourth-order valence-electron chi connectivity index (χ4n) is 3.17. The fraction of sp³-hybridized carbons (Fsp3) is 0.273. The van der Waals surface area contributed by atoms with E-state index in [1.807, 2.05) is 18.2 Å². The molecule has 0 fully saturated rings. The number of halogens is 1. The molecule has 1 heterocycles. The van der Waals surface area contributed by atoms with Gasteiger partial charge in [0.15, 0.2) is 11.5 Å². The number of thiophene rings is 1. The molecule has 28 heavy (non-hydrogen) atoms. The third kappa shape index (κ3) is 3.59. The van der Waals surface area contributed by atoms with Crippen LogP contribution in [0.15, 0.2) is 34.8 Å². The Morgan fingerprint density at radius 2 is 1.21 bits per heavy atom. The van der Waals surface area contributed by atoms with Crippen molar-refractivity contribution in [2.45, 2.75) is 13.8 Å². The van der Waals surface area contributed by atoms with Gasteiger partial charge in [0.25, 0.3) is 0 Å². The normalized spacial score (nSPS) is 10.7. The molecule has 0 N–H and O–H groups in total. The molecule has 0 saturated heterocycles. The van der Waals surface area contributed by atoms with Gasteiger partial charge in [-0.25, -0.2) is 0 Å². The van der Waals surface area contributed by atoms with Gasteiger partial charge >= 0.3 is 0 Å². The minimum absolute atomic E-state index is 0.596. The lowest BCUT2D eigenvalue weighted by Gasteiger charge is -2.14. The van der Waals surface area contributed by atoms with Crippen LogP contribution in [0, 0.1) is 13.8 Å². The van der Waals surface area contributed by atoms with Crippen molar-refractivity contribution >= 4 is 27.3 Å². The molecule has 148 valence electrons. The van der Waals surface area contributed by atoms with Gasteiger partial charge in [0, 0.05) is 9.75 Å². The molecule has 0 bridgehead atoms. The summed E-state index contributed by atoms with van der Waals surface area (Å²) in [4.78, 5) is 2.41. The van der Waals surface area contributed by atoms with E-state index in [1.54, 1.807) is 39.8 Å². The lowest BCUT2D eigenvalue weighted by Crippen LogP contribution is -1.95. The average Bonchev–Trinajstić information content (AvgIpc) is 3.01. The second kappa shape index (κ2) is 8.45. The Balaban J connectivity index is 2.15. The number of methoxy groups -OCH3 is 4. The maximum atomic E-state index is 5.52. The van der Waals surface area contributed by atoms with Gasteiger partial charge in [-0.3, -0.25) is 0 Å². The van der Waals surface area contributed by atoms with E-state index in [1.165, 1.54) is 20.9 Å². The summed E-state index contributed by atoms with van der Waals surface area (Å²) in [6, 6.07) is 10.1. The zero-order valence-corrected chi connectivity index (χ0v) is 19.2. The molecule has 0 aliphatic heterocycles. The minimum Gasteiger partial charge on any atom is -0.496 e. The van der Waals surface area contributed by atoms with Gasteiger partial charge in [-0.05, 0) is 82.4 Å². The molecule has 4 nitrogen and oxygen atoms in total. The van der Waals surface area contributed by atoms with Gasteiger partial charge in [0.1, 0.15) is 5.75 Å². The summed E-state index contributed by atoms with van der Waals surface area (Å²) in [5.41, 5.74) is 4.68. The predicted molar refractivity (Wildman–Crippen MR) is 119 cm³/mol. The molecule has 2 aromatic carbocycles.